The Morgan fingerprint density at radius 3 is 2.93 bits per heavy atom. The predicted octanol–water partition coefficient (Wildman–Crippen LogP) is 3.02. The van der Waals surface area contributed by atoms with Gasteiger partial charge in [0.1, 0.15) is 5.76 Å². The standard InChI is InChI=1S/C21H28N4OS/c1-2-13-24(12-1)18-9-14-25(17-18)21(22-10-7-19-5-3-15-26-19)23-11-8-20-6-4-16-27-20/h1-6,15-16,18H,7-14,17H2,(H,22,23). The first-order chi connectivity index (χ1) is 13.4. The fourth-order valence-electron chi connectivity index (χ4n) is 3.77. The van der Waals surface area contributed by atoms with E-state index in [2.05, 4.69) is 44.8 Å². The Bertz CT molecular complexity index is 730. The highest BCUT2D eigenvalue weighted by Gasteiger charge is 2.29. The maximum atomic E-state index is 5.45. The minimum Gasteiger partial charge on any atom is -0.469 e. The number of nitrogens with one attached hydrogen (secondary N) is 1. The maximum Gasteiger partial charge on any atom is 0.194 e. The number of rotatable bonds is 7. The molecule has 0 aromatic carbocycles. The molecule has 0 saturated carbocycles. The summed E-state index contributed by atoms with van der Waals surface area (Å²) in [6.07, 6.45) is 9.39. The van der Waals surface area contributed by atoms with Crippen molar-refractivity contribution in [1.29, 1.82) is 0 Å². The highest BCUT2D eigenvalue weighted by molar-refractivity contribution is 7.09. The average Bonchev–Trinajstić information content (AvgIpc) is 3.49. The number of nitrogens with zero attached hydrogens (tertiary/aromatic N) is 3. The lowest BCUT2D eigenvalue weighted by Crippen LogP contribution is -2.43. The van der Waals surface area contributed by atoms with Crippen LogP contribution in [0.1, 0.15) is 17.1 Å². The van der Waals surface area contributed by atoms with Crippen LogP contribution in [-0.4, -0.2) is 61.1 Å². The normalized spacial score (nSPS) is 20.7. The molecule has 1 saturated heterocycles. The smallest absolute Gasteiger partial charge is 0.194 e. The van der Waals surface area contributed by atoms with Gasteiger partial charge >= 0.3 is 0 Å². The van der Waals surface area contributed by atoms with E-state index in [-0.39, 0.29) is 0 Å². The molecule has 0 aliphatic carbocycles. The second-order valence-corrected chi connectivity index (χ2v) is 8.14. The summed E-state index contributed by atoms with van der Waals surface area (Å²) in [6.45, 7) is 6.00. The van der Waals surface area contributed by atoms with Crippen LogP contribution in [0.15, 0.2) is 57.5 Å². The molecule has 2 aliphatic heterocycles. The van der Waals surface area contributed by atoms with Gasteiger partial charge in [-0.25, -0.2) is 0 Å². The Kier molecular flexibility index (Phi) is 6.27. The second-order valence-electron chi connectivity index (χ2n) is 7.10. The molecule has 0 spiro atoms. The maximum absolute atomic E-state index is 5.45. The zero-order valence-electron chi connectivity index (χ0n) is 15.7. The Balaban J connectivity index is 1.34. The molecular formula is C21H28N4OS. The molecular weight excluding hydrogens is 356 g/mol. The first-order valence-electron chi connectivity index (χ1n) is 9.85. The van der Waals surface area contributed by atoms with Gasteiger partial charge in [-0.2, -0.15) is 0 Å². The lowest BCUT2D eigenvalue weighted by Gasteiger charge is -2.25. The fraction of sp³-hybridized carbons (Fsp3) is 0.476. The van der Waals surface area contributed by atoms with Crippen LogP contribution >= 0.6 is 11.3 Å². The Hall–Kier alpha value is -2.05. The number of hydrogen-bond donors (Lipinski definition) is 1. The van der Waals surface area contributed by atoms with Gasteiger partial charge in [0.05, 0.1) is 6.26 Å². The Labute approximate surface area is 165 Å². The molecule has 1 fully saturated rings. The second kappa shape index (κ2) is 9.24. The average molecular weight is 385 g/mol. The van der Waals surface area contributed by atoms with E-state index in [4.69, 9.17) is 9.41 Å². The third-order valence-electron chi connectivity index (χ3n) is 5.26. The van der Waals surface area contributed by atoms with E-state index in [1.165, 1.54) is 11.3 Å². The molecule has 144 valence electrons. The first kappa shape index (κ1) is 18.3. The van der Waals surface area contributed by atoms with Crippen molar-refractivity contribution in [2.75, 3.05) is 39.3 Å². The van der Waals surface area contributed by atoms with Crippen LogP contribution in [0.4, 0.5) is 0 Å². The first-order valence-corrected chi connectivity index (χ1v) is 10.7. The number of furan rings is 1. The lowest BCUT2D eigenvalue weighted by molar-refractivity contribution is 0.259. The molecule has 2 aromatic heterocycles. The van der Waals surface area contributed by atoms with Gasteiger partial charge in [-0.1, -0.05) is 18.2 Å². The van der Waals surface area contributed by atoms with Crippen molar-refractivity contribution >= 4 is 17.3 Å². The van der Waals surface area contributed by atoms with E-state index in [0.717, 1.165) is 63.8 Å². The van der Waals surface area contributed by atoms with E-state index in [1.54, 1.807) is 6.26 Å². The summed E-state index contributed by atoms with van der Waals surface area (Å²) in [6, 6.07) is 8.91. The van der Waals surface area contributed by atoms with Crippen LogP contribution in [0.5, 0.6) is 0 Å². The van der Waals surface area contributed by atoms with Gasteiger partial charge in [-0.15, -0.1) is 11.3 Å². The van der Waals surface area contributed by atoms with Gasteiger partial charge in [0.15, 0.2) is 5.96 Å². The van der Waals surface area contributed by atoms with Crippen molar-refractivity contribution < 1.29 is 4.42 Å². The molecule has 5 nitrogen and oxygen atoms in total. The molecule has 4 heterocycles. The van der Waals surface area contributed by atoms with Gasteiger partial charge in [-0.05, 0) is 30.0 Å². The summed E-state index contributed by atoms with van der Waals surface area (Å²) in [4.78, 5) is 11.3. The van der Waals surface area contributed by atoms with Crippen molar-refractivity contribution in [2.45, 2.75) is 25.3 Å². The fourth-order valence-corrected chi connectivity index (χ4v) is 4.47. The number of likely N-dealkylation sites (tertiary alicyclic amines) is 1. The summed E-state index contributed by atoms with van der Waals surface area (Å²) in [5.41, 5.74) is 0. The van der Waals surface area contributed by atoms with Crippen molar-refractivity contribution in [3.05, 3.63) is 58.7 Å². The van der Waals surface area contributed by atoms with Gasteiger partial charge in [0.2, 0.25) is 0 Å². The van der Waals surface area contributed by atoms with Crippen molar-refractivity contribution in [1.82, 2.24) is 15.1 Å². The van der Waals surface area contributed by atoms with E-state index in [1.807, 2.05) is 23.5 Å². The molecule has 2 aromatic rings. The monoisotopic (exact) mass is 384 g/mol. The summed E-state index contributed by atoms with van der Waals surface area (Å²) in [7, 11) is 0. The van der Waals surface area contributed by atoms with E-state index >= 15 is 0 Å². The molecule has 0 amide bonds. The van der Waals surface area contributed by atoms with Crippen molar-refractivity contribution in [2.24, 2.45) is 4.99 Å². The zero-order chi connectivity index (χ0) is 18.3. The zero-order valence-corrected chi connectivity index (χ0v) is 16.5. The van der Waals surface area contributed by atoms with Crippen LogP contribution in [-0.2, 0) is 12.8 Å². The molecule has 2 aliphatic rings. The molecule has 0 bridgehead atoms. The molecule has 27 heavy (non-hydrogen) atoms. The van der Waals surface area contributed by atoms with Gasteiger partial charge < -0.3 is 14.6 Å². The van der Waals surface area contributed by atoms with Gasteiger partial charge in [0, 0.05) is 63.0 Å². The molecule has 0 radical (unpaired) electrons. The van der Waals surface area contributed by atoms with Gasteiger partial charge in [-0.3, -0.25) is 9.89 Å². The molecule has 4 rings (SSSR count). The van der Waals surface area contributed by atoms with Crippen molar-refractivity contribution in [3.63, 3.8) is 0 Å². The SMILES string of the molecule is C1=CCN(C2CCN(C(=NCCc3cccs3)NCCc3ccco3)C2)C1. The highest BCUT2D eigenvalue weighted by Crippen LogP contribution is 2.18. The molecule has 1 atom stereocenters. The summed E-state index contributed by atoms with van der Waals surface area (Å²) < 4.78 is 5.45. The highest BCUT2D eigenvalue weighted by atomic mass is 32.1. The number of guanidine groups is 1. The van der Waals surface area contributed by atoms with E-state index in [9.17, 15) is 0 Å². The minimum atomic E-state index is 0.634. The third-order valence-corrected chi connectivity index (χ3v) is 6.20. The topological polar surface area (TPSA) is 44.0 Å². The van der Waals surface area contributed by atoms with E-state index in [0.29, 0.717) is 6.04 Å². The van der Waals surface area contributed by atoms with Crippen molar-refractivity contribution in [3.8, 4) is 0 Å². The lowest BCUT2D eigenvalue weighted by atomic mass is 10.2. The van der Waals surface area contributed by atoms with Crippen LogP contribution in [0.25, 0.3) is 0 Å². The Morgan fingerprint density at radius 2 is 2.15 bits per heavy atom. The summed E-state index contributed by atoms with van der Waals surface area (Å²) >= 11 is 1.81. The van der Waals surface area contributed by atoms with Gasteiger partial charge in [0.25, 0.3) is 0 Å². The third kappa shape index (κ3) is 5.02. The van der Waals surface area contributed by atoms with Crippen LogP contribution in [0.3, 0.4) is 0 Å². The van der Waals surface area contributed by atoms with Crippen LogP contribution < -0.4 is 5.32 Å². The van der Waals surface area contributed by atoms with Crippen LogP contribution in [0.2, 0.25) is 0 Å². The quantitative estimate of drug-likeness (QED) is 0.453. The Morgan fingerprint density at radius 1 is 1.22 bits per heavy atom. The largest absolute Gasteiger partial charge is 0.469 e. The number of aliphatic imine (C=N–C) groups is 1. The minimum absolute atomic E-state index is 0.634. The number of thiophene rings is 1. The molecule has 6 heteroatoms. The van der Waals surface area contributed by atoms with Crippen LogP contribution in [0, 0.1) is 0 Å². The van der Waals surface area contributed by atoms with E-state index < -0.39 is 0 Å². The summed E-state index contributed by atoms with van der Waals surface area (Å²) in [5, 5.41) is 5.71. The molecule has 1 unspecified atom stereocenters. The molecule has 1 N–H and O–H groups in total. The number of hydrogen-bond acceptors (Lipinski definition) is 4. The predicted molar refractivity (Wildman–Crippen MR) is 111 cm³/mol. The summed E-state index contributed by atoms with van der Waals surface area (Å²) in [5.74, 6) is 2.07.